The van der Waals surface area contributed by atoms with Gasteiger partial charge < -0.3 is 0 Å². The van der Waals surface area contributed by atoms with Crippen LogP contribution in [0.5, 0.6) is 0 Å². The monoisotopic (exact) mass is 192 g/mol. The van der Waals surface area contributed by atoms with Crippen LogP contribution in [0.25, 0.3) is 0 Å². The molecule has 14 heavy (non-hydrogen) atoms. The van der Waals surface area contributed by atoms with E-state index in [0.717, 1.165) is 12.8 Å². The molecule has 0 aromatic heterocycles. The van der Waals surface area contributed by atoms with Crippen LogP contribution in [-0.2, 0) is 4.79 Å². The zero-order chi connectivity index (χ0) is 10.3. The number of hydrogen-bond donors (Lipinski definition) is 0. The highest BCUT2D eigenvalue weighted by atomic mass is 16.1. The van der Waals surface area contributed by atoms with Gasteiger partial charge in [-0.15, -0.1) is 0 Å². The molecule has 2 rings (SSSR count). The summed E-state index contributed by atoms with van der Waals surface area (Å²) >= 11 is 0. The third-order valence-corrected chi connectivity index (χ3v) is 4.28. The molecule has 1 heteroatoms. The average molecular weight is 192 g/mol. The lowest BCUT2D eigenvalue weighted by molar-refractivity contribution is -0.124. The fraction of sp³-hybridized carbons (Fsp3) is 0.769. The van der Waals surface area contributed by atoms with Crippen molar-refractivity contribution in [3.63, 3.8) is 0 Å². The van der Waals surface area contributed by atoms with E-state index in [0.29, 0.717) is 17.6 Å². The van der Waals surface area contributed by atoms with E-state index in [-0.39, 0.29) is 5.41 Å². The second kappa shape index (κ2) is 3.22. The molecule has 0 aromatic rings. The van der Waals surface area contributed by atoms with Gasteiger partial charge in [0.05, 0.1) is 0 Å². The van der Waals surface area contributed by atoms with E-state index >= 15 is 0 Å². The normalized spacial score (nSPS) is 30.4. The molecule has 0 aromatic carbocycles. The quantitative estimate of drug-likeness (QED) is 0.622. The van der Waals surface area contributed by atoms with E-state index in [4.69, 9.17) is 0 Å². The molecule has 2 aliphatic rings. The van der Waals surface area contributed by atoms with Crippen molar-refractivity contribution in [2.24, 2.45) is 17.3 Å². The van der Waals surface area contributed by atoms with E-state index < -0.39 is 0 Å². The summed E-state index contributed by atoms with van der Waals surface area (Å²) in [5, 5.41) is 0. The van der Waals surface area contributed by atoms with E-state index in [1.54, 1.807) is 0 Å². The predicted molar refractivity (Wildman–Crippen MR) is 58.0 cm³/mol. The van der Waals surface area contributed by atoms with Crippen molar-refractivity contribution in [3.05, 3.63) is 11.6 Å². The fourth-order valence-corrected chi connectivity index (χ4v) is 3.30. The molecule has 0 amide bonds. The van der Waals surface area contributed by atoms with Crippen LogP contribution in [0, 0.1) is 17.3 Å². The Balaban J connectivity index is 2.30. The number of carbonyl (C=O) groups is 1. The Bertz CT molecular complexity index is 280. The van der Waals surface area contributed by atoms with Gasteiger partial charge in [0.2, 0.25) is 0 Å². The molecule has 1 saturated carbocycles. The van der Waals surface area contributed by atoms with Crippen molar-refractivity contribution < 1.29 is 4.79 Å². The van der Waals surface area contributed by atoms with Crippen LogP contribution in [0.2, 0.25) is 0 Å². The van der Waals surface area contributed by atoms with Gasteiger partial charge in [-0.2, -0.15) is 0 Å². The fourth-order valence-electron chi connectivity index (χ4n) is 3.30. The maximum absolute atomic E-state index is 12.0. The summed E-state index contributed by atoms with van der Waals surface area (Å²) in [4.78, 5) is 12.0. The number of ketones is 1. The first-order valence-corrected chi connectivity index (χ1v) is 5.84. The summed E-state index contributed by atoms with van der Waals surface area (Å²) in [5.74, 6) is 1.46. The predicted octanol–water partition coefficient (Wildman–Crippen LogP) is 3.35. The van der Waals surface area contributed by atoms with Gasteiger partial charge in [-0.05, 0) is 30.8 Å². The summed E-state index contributed by atoms with van der Waals surface area (Å²) in [6.45, 7) is 6.65. The minimum atomic E-state index is 0.0274. The molecule has 0 heterocycles. The van der Waals surface area contributed by atoms with Gasteiger partial charge in [0, 0.05) is 5.41 Å². The van der Waals surface area contributed by atoms with Gasteiger partial charge in [-0.3, -0.25) is 4.79 Å². The van der Waals surface area contributed by atoms with Crippen LogP contribution in [0.15, 0.2) is 11.6 Å². The van der Waals surface area contributed by atoms with E-state index in [1.807, 2.05) is 6.08 Å². The summed E-state index contributed by atoms with van der Waals surface area (Å²) < 4.78 is 0. The van der Waals surface area contributed by atoms with Crippen LogP contribution in [0.1, 0.15) is 46.5 Å². The molecule has 0 saturated heterocycles. The summed E-state index contributed by atoms with van der Waals surface area (Å²) in [6.07, 6.45) is 6.69. The largest absolute Gasteiger partial charge is 0.294 e. The summed E-state index contributed by atoms with van der Waals surface area (Å²) in [6, 6.07) is 0. The lowest BCUT2D eigenvalue weighted by Gasteiger charge is -2.29. The molecule has 0 bridgehead atoms. The summed E-state index contributed by atoms with van der Waals surface area (Å²) in [7, 11) is 0. The van der Waals surface area contributed by atoms with Gasteiger partial charge in [0.15, 0.2) is 5.78 Å². The molecule has 78 valence electrons. The van der Waals surface area contributed by atoms with Crippen molar-refractivity contribution in [1.29, 1.82) is 0 Å². The second-order valence-corrected chi connectivity index (χ2v) is 5.25. The molecule has 2 aliphatic carbocycles. The Kier molecular flexibility index (Phi) is 2.29. The Morgan fingerprint density at radius 2 is 1.93 bits per heavy atom. The van der Waals surface area contributed by atoms with Crippen LogP contribution in [-0.4, -0.2) is 5.78 Å². The van der Waals surface area contributed by atoms with Crippen molar-refractivity contribution >= 4 is 5.78 Å². The molecular formula is C13H20O. The maximum Gasteiger partial charge on any atom is 0.162 e. The standard InChI is InChI=1S/C13H20O/c1-9(2)11-8-12(14)13(10(11)3)6-4-5-7-13/h8-10H,4-7H2,1-3H3. The molecule has 0 N–H and O–H groups in total. The van der Waals surface area contributed by atoms with E-state index in [1.165, 1.54) is 18.4 Å². The molecule has 1 fully saturated rings. The number of carbonyl (C=O) groups excluding carboxylic acids is 1. The minimum absolute atomic E-state index is 0.0274. The highest BCUT2D eigenvalue weighted by Crippen LogP contribution is 2.52. The lowest BCUT2D eigenvalue weighted by atomic mass is 9.72. The van der Waals surface area contributed by atoms with Crippen LogP contribution < -0.4 is 0 Å². The van der Waals surface area contributed by atoms with E-state index in [9.17, 15) is 4.79 Å². The van der Waals surface area contributed by atoms with Gasteiger partial charge in [-0.25, -0.2) is 0 Å². The molecule has 1 atom stereocenters. The van der Waals surface area contributed by atoms with Crippen molar-refractivity contribution in [2.45, 2.75) is 46.5 Å². The highest BCUT2D eigenvalue weighted by molar-refractivity contribution is 5.99. The smallest absolute Gasteiger partial charge is 0.162 e. The van der Waals surface area contributed by atoms with Crippen LogP contribution in [0.4, 0.5) is 0 Å². The Labute approximate surface area is 86.6 Å². The maximum atomic E-state index is 12.0. The third kappa shape index (κ3) is 1.18. The average Bonchev–Trinajstić information content (AvgIpc) is 2.69. The van der Waals surface area contributed by atoms with Gasteiger partial charge in [0.1, 0.15) is 0 Å². The molecule has 1 spiro atoms. The molecule has 0 radical (unpaired) electrons. The molecule has 0 aliphatic heterocycles. The van der Waals surface area contributed by atoms with Gasteiger partial charge in [-0.1, -0.05) is 39.2 Å². The van der Waals surface area contributed by atoms with Crippen molar-refractivity contribution in [3.8, 4) is 0 Å². The number of allylic oxidation sites excluding steroid dienone is 2. The van der Waals surface area contributed by atoms with E-state index in [2.05, 4.69) is 20.8 Å². The third-order valence-electron chi connectivity index (χ3n) is 4.28. The molecule has 1 unspecified atom stereocenters. The van der Waals surface area contributed by atoms with Gasteiger partial charge >= 0.3 is 0 Å². The number of hydrogen-bond acceptors (Lipinski definition) is 1. The Morgan fingerprint density at radius 3 is 2.36 bits per heavy atom. The zero-order valence-electron chi connectivity index (χ0n) is 9.47. The number of rotatable bonds is 1. The van der Waals surface area contributed by atoms with Crippen molar-refractivity contribution in [2.75, 3.05) is 0 Å². The first-order valence-electron chi connectivity index (χ1n) is 5.84. The highest BCUT2D eigenvalue weighted by Gasteiger charge is 2.49. The lowest BCUT2D eigenvalue weighted by Crippen LogP contribution is -2.29. The minimum Gasteiger partial charge on any atom is -0.294 e. The molecule has 1 nitrogen and oxygen atoms in total. The second-order valence-electron chi connectivity index (χ2n) is 5.25. The van der Waals surface area contributed by atoms with Crippen molar-refractivity contribution in [1.82, 2.24) is 0 Å². The summed E-state index contributed by atoms with van der Waals surface area (Å²) in [5.41, 5.74) is 1.41. The van der Waals surface area contributed by atoms with Gasteiger partial charge in [0.25, 0.3) is 0 Å². The topological polar surface area (TPSA) is 17.1 Å². The Morgan fingerprint density at radius 1 is 1.36 bits per heavy atom. The van der Waals surface area contributed by atoms with Crippen LogP contribution in [0.3, 0.4) is 0 Å². The first kappa shape index (κ1) is 9.95. The Hall–Kier alpha value is -0.590. The zero-order valence-corrected chi connectivity index (χ0v) is 9.47. The van der Waals surface area contributed by atoms with Crippen LogP contribution >= 0.6 is 0 Å². The first-order chi connectivity index (χ1) is 6.58. The SMILES string of the molecule is CC(C)C1=CC(=O)C2(CCCC2)C1C. The molecular weight excluding hydrogens is 172 g/mol.